The molecule has 0 aromatic heterocycles. The summed E-state index contributed by atoms with van der Waals surface area (Å²) in [4.78, 5) is 8.27. The minimum absolute atomic E-state index is 0.0401. The van der Waals surface area contributed by atoms with E-state index in [1.54, 1.807) is 13.3 Å². The second-order valence-corrected chi connectivity index (χ2v) is 3.87. The number of rotatable bonds is 2. The summed E-state index contributed by atoms with van der Waals surface area (Å²) >= 11 is 0. The number of allylic oxidation sites excluding steroid dienone is 1. The first-order valence-corrected chi connectivity index (χ1v) is 4.04. The Kier molecular flexibility index (Phi) is 3.87. The molecule has 0 aliphatic rings. The average molecular weight is 166 g/mol. The van der Waals surface area contributed by atoms with E-state index in [1.165, 1.54) is 0 Å². The molecule has 0 aromatic carbocycles. The van der Waals surface area contributed by atoms with Crippen molar-refractivity contribution in [3.63, 3.8) is 0 Å². The standard InChI is InChI=1S/C10H18N2/c1-8(2)12-9(7-11-6)10(3,4)5/h7H,1H2,2-6H3. The van der Waals surface area contributed by atoms with E-state index >= 15 is 0 Å². The van der Waals surface area contributed by atoms with Crippen molar-refractivity contribution in [3.8, 4) is 0 Å². The SMILES string of the molecule is C=C(C)N=C(C=NC)C(C)(C)C. The molecule has 0 radical (unpaired) electrons. The maximum Gasteiger partial charge on any atom is 0.0637 e. The zero-order valence-corrected chi connectivity index (χ0v) is 8.68. The summed E-state index contributed by atoms with van der Waals surface area (Å²) in [5, 5.41) is 0. The summed E-state index contributed by atoms with van der Waals surface area (Å²) in [5.74, 6) is 0. The Morgan fingerprint density at radius 1 is 1.33 bits per heavy atom. The normalized spacial score (nSPS) is 13.9. The van der Waals surface area contributed by atoms with Gasteiger partial charge in [-0.1, -0.05) is 27.4 Å². The van der Waals surface area contributed by atoms with Gasteiger partial charge in [0.05, 0.1) is 5.71 Å². The summed E-state index contributed by atoms with van der Waals surface area (Å²) in [7, 11) is 1.75. The molecule has 2 heteroatoms. The number of nitrogens with zero attached hydrogens (tertiary/aromatic N) is 2. The predicted molar refractivity (Wildman–Crippen MR) is 56.1 cm³/mol. The lowest BCUT2D eigenvalue weighted by Crippen LogP contribution is -2.21. The monoisotopic (exact) mass is 166 g/mol. The van der Waals surface area contributed by atoms with E-state index < -0.39 is 0 Å². The third kappa shape index (κ3) is 4.06. The van der Waals surface area contributed by atoms with Crippen LogP contribution in [-0.4, -0.2) is 19.0 Å². The number of hydrogen-bond acceptors (Lipinski definition) is 2. The van der Waals surface area contributed by atoms with Gasteiger partial charge < -0.3 is 0 Å². The van der Waals surface area contributed by atoms with Crippen LogP contribution in [0.3, 0.4) is 0 Å². The van der Waals surface area contributed by atoms with Gasteiger partial charge in [-0.2, -0.15) is 0 Å². The largest absolute Gasteiger partial charge is 0.295 e. The molecule has 0 fully saturated rings. The van der Waals surface area contributed by atoms with Gasteiger partial charge in [0.1, 0.15) is 0 Å². The molecule has 68 valence electrons. The molecule has 0 N–H and O–H groups in total. The van der Waals surface area contributed by atoms with Crippen LogP contribution in [0.1, 0.15) is 27.7 Å². The third-order valence-electron chi connectivity index (χ3n) is 1.33. The zero-order valence-electron chi connectivity index (χ0n) is 8.68. The predicted octanol–water partition coefficient (Wildman–Crippen LogP) is 2.71. The Labute approximate surface area is 75.1 Å². The second kappa shape index (κ2) is 4.19. The summed E-state index contributed by atoms with van der Waals surface area (Å²) < 4.78 is 0. The molecule has 0 bridgehead atoms. The van der Waals surface area contributed by atoms with Crippen LogP contribution in [0, 0.1) is 5.41 Å². The first-order valence-electron chi connectivity index (χ1n) is 4.04. The highest BCUT2D eigenvalue weighted by molar-refractivity contribution is 6.32. The maximum atomic E-state index is 4.31. The van der Waals surface area contributed by atoms with Gasteiger partial charge in [-0.05, 0) is 6.92 Å². The first kappa shape index (κ1) is 11.1. The van der Waals surface area contributed by atoms with Gasteiger partial charge in [0.25, 0.3) is 0 Å². The Balaban J connectivity index is 4.80. The Bertz CT molecular complexity index is 216. The van der Waals surface area contributed by atoms with Crippen molar-refractivity contribution in [1.29, 1.82) is 0 Å². The van der Waals surface area contributed by atoms with Crippen LogP contribution in [0.4, 0.5) is 0 Å². The van der Waals surface area contributed by atoms with Crippen LogP contribution >= 0.6 is 0 Å². The topological polar surface area (TPSA) is 24.7 Å². The fourth-order valence-corrected chi connectivity index (χ4v) is 0.718. The van der Waals surface area contributed by atoms with Crippen molar-refractivity contribution >= 4 is 11.9 Å². The van der Waals surface area contributed by atoms with Gasteiger partial charge >= 0.3 is 0 Å². The van der Waals surface area contributed by atoms with Crippen LogP contribution in [0.15, 0.2) is 22.3 Å². The van der Waals surface area contributed by atoms with Gasteiger partial charge in [0, 0.05) is 24.4 Å². The molecule has 0 atom stereocenters. The quantitative estimate of drug-likeness (QED) is 0.563. The van der Waals surface area contributed by atoms with Gasteiger partial charge in [0.15, 0.2) is 0 Å². The third-order valence-corrected chi connectivity index (χ3v) is 1.33. The molecule has 0 saturated heterocycles. The summed E-state index contributed by atoms with van der Waals surface area (Å²) in [6, 6.07) is 0. The van der Waals surface area contributed by atoms with E-state index in [2.05, 4.69) is 37.3 Å². The van der Waals surface area contributed by atoms with E-state index in [0.717, 1.165) is 11.4 Å². The van der Waals surface area contributed by atoms with Crippen LogP contribution in [-0.2, 0) is 0 Å². The highest BCUT2D eigenvalue weighted by atomic mass is 14.8. The lowest BCUT2D eigenvalue weighted by atomic mass is 9.90. The molecule has 2 nitrogen and oxygen atoms in total. The highest BCUT2D eigenvalue weighted by Crippen LogP contribution is 2.16. The molecule has 0 amide bonds. The Hall–Kier alpha value is -0.920. The van der Waals surface area contributed by atoms with Crippen molar-refractivity contribution in [2.75, 3.05) is 7.05 Å². The van der Waals surface area contributed by atoms with Crippen LogP contribution in [0.2, 0.25) is 0 Å². The van der Waals surface area contributed by atoms with Crippen LogP contribution in [0.5, 0.6) is 0 Å². The molecule has 0 spiro atoms. The van der Waals surface area contributed by atoms with Crippen LogP contribution in [0.25, 0.3) is 0 Å². The molecule has 0 aromatic rings. The molecule has 0 aliphatic carbocycles. The van der Waals surface area contributed by atoms with Gasteiger partial charge in [-0.3, -0.25) is 9.98 Å². The molecular weight excluding hydrogens is 148 g/mol. The molecular formula is C10H18N2. The molecule has 0 heterocycles. The van der Waals surface area contributed by atoms with E-state index in [-0.39, 0.29) is 5.41 Å². The lowest BCUT2D eigenvalue weighted by molar-refractivity contribution is 0.598. The fraction of sp³-hybridized carbons (Fsp3) is 0.600. The van der Waals surface area contributed by atoms with E-state index in [0.29, 0.717) is 0 Å². The van der Waals surface area contributed by atoms with Crippen molar-refractivity contribution in [2.45, 2.75) is 27.7 Å². The van der Waals surface area contributed by atoms with E-state index in [9.17, 15) is 0 Å². The van der Waals surface area contributed by atoms with Gasteiger partial charge in [-0.25, -0.2) is 0 Å². The number of aliphatic imine (C=N–C) groups is 2. The van der Waals surface area contributed by atoms with E-state index in [1.807, 2.05) is 6.92 Å². The Morgan fingerprint density at radius 2 is 1.83 bits per heavy atom. The van der Waals surface area contributed by atoms with E-state index in [4.69, 9.17) is 0 Å². The molecule has 0 unspecified atom stereocenters. The van der Waals surface area contributed by atoms with Crippen molar-refractivity contribution < 1.29 is 0 Å². The smallest absolute Gasteiger partial charge is 0.0637 e. The fourth-order valence-electron chi connectivity index (χ4n) is 0.718. The molecule has 0 rings (SSSR count). The Morgan fingerprint density at radius 3 is 2.08 bits per heavy atom. The zero-order chi connectivity index (χ0) is 9.78. The maximum absolute atomic E-state index is 4.31. The highest BCUT2D eigenvalue weighted by Gasteiger charge is 2.16. The minimum Gasteiger partial charge on any atom is -0.295 e. The molecule has 0 aliphatic heterocycles. The molecule has 0 saturated carbocycles. The van der Waals surface area contributed by atoms with Crippen molar-refractivity contribution in [2.24, 2.45) is 15.4 Å². The summed E-state index contributed by atoms with van der Waals surface area (Å²) in [6.07, 6.45) is 1.79. The first-order chi connectivity index (χ1) is 5.38. The molecule has 12 heavy (non-hydrogen) atoms. The average Bonchev–Trinajstić information content (AvgIpc) is 1.83. The number of hydrogen-bond donors (Lipinski definition) is 0. The summed E-state index contributed by atoms with van der Waals surface area (Å²) in [6.45, 7) is 11.9. The van der Waals surface area contributed by atoms with Crippen molar-refractivity contribution in [3.05, 3.63) is 12.3 Å². The summed E-state index contributed by atoms with van der Waals surface area (Å²) in [5.41, 5.74) is 1.83. The lowest BCUT2D eigenvalue weighted by Gasteiger charge is -2.17. The van der Waals surface area contributed by atoms with Gasteiger partial charge in [-0.15, -0.1) is 0 Å². The second-order valence-electron chi connectivity index (χ2n) is 3.87. The van der Waals surface area contributed by atoms with Crippen LogP contribution < -0.4 is 0 Å². The van der Waals surface area contributed by atoms with Crippen molar-refractivity contribution in [1.82, 2.24) is 0 Å². The van der Waals surface area contributed by atoms with Gasteiger partial charge in [0.2, 0.25) is 0 Å². The minimum atomic E-state index is 0.0401.